The fraction of sp³-hybridized carbons (Fsp3) is 0.875. The second-order valence-corrected chi connectivity index (χ2v) is 2.86. The second-order valence-electron chi connectivity index (χ2n) is 2.86. The Hall–Kier alpha value is -0.570. The van der Waals surface area contributed by atoms with E-state index in [1.807, 2.05) is 13.8 Å². The van der Waals surface area contributed by atoms with Gasteiger partial charge in [-0.15, -0.1) is 0 Å². The Kier molecular flexibility index (Phi) is 4.86. The van der Waals surface area contributed by atoms with E-state index in [0.29, 0.717) is 13.0 Å². The highest BCUT2D eigenvalue weighted by Crippen LogP contribution is 2.23. The van der Waals surface area contributed by atoms with Crippen LogP contribution in [0.25, 0.3) is 0 Å². The Morgan fingerprint density at radius 3 is 2.27 bits per heavy atom. The maximum Gasteiger partial charge on any atom is 0.207 e. The van der Waals surface area contributed by atoms with Gasteiger partial charge in [0.05, 0.1) is 6.61 Å². The Morgan fingerprint density at radius 2 is 2.00 bits per heavy atom. The van der Waals surface area contributed by atoms with Crippen LogP contribution in [-0.4, -0.2) is 24.7 Å². The molecule has 0 aromatic heterocycles. The molecule has 0 aliphatic rings. The summed E-state index contributed by atoms with van der Waals surface area (Å²) in [5, 5.41) is 11.6. The van der Waals surface area contributed by atoms with Gasteiger partial charge < -0.3 is 10.4 Å². The molecule has 0 bridgehead atoms. The number of carbonyl (C=O) groups is 1. The van der Waals surface area contributed by atoms with Crippen LogP contribution in [0.15, 0.2) is 0 Å². The SMILES string of the molecule is CCC(CC)(CO)CNC=O. The zero-order chi connectivity index (χ0) is 8.74. The number of nitrogens with one attached hydrogen (secondary N) is 1. The second kappa shape index (κ2) is 5.13. The molecule has 0 saturated carbocycles. The molecule has 0 rings (SSSR count). The molecule has 0 aliphatic carbocycles. The molecule has 3 heteroatoms. The standard InChI is InChI=1S/C8H17NO2/c1-3-8(4-2,6-10)5-9-7-11/h7,10H,3-6H2,1-2H3,(H,9,11). The monoisotopic (exact) mass is 159 g/mol. The van der Waals surface area contributed by atoms with Crippen molar-refractivity contribution in [3.05, 3.63) is 0 Å². The predicted molar refractivity (Wildman–Crippen MR) is 44.2 cm³/mol. The summed E-state index contributed by atoms with van der Waals surface area (Å²) in [6.45, 7) is 4.75. The fourth-order valence-electron chi connectivity index (χ4n) is 1.04. The molecule has 0 aromatic carbocycles. The van der Waals surface area contributed by atoms with Crippen molar-refractivity contribution in [1.29, 1.82) is 0 Å². The summed E-state index contributed by atoms with van der Waals surface area (Å²) in [6.07, 6.45) is 2.46. The normalized spacial score (nSPS) is 11.2. The summed E-state index contributed by atoms with van der Waals surface area (Å²) in [6, 6.07) is 0. The molecule has 0 saturated heterocycles. The molecule has 1 amide bonds. The zero-order valence-electron chi connectivity index (χ0n) is 7.26. The maximum absolute atomic E-state index is 10.0. The van der Waals surface area contributed by atoms with Crippen LogP contribution in [0.3, 0.4) is 0 Å². The first-order valence-electron chi connectivity index (χ1n) is 4.02. The van der Waals surface area contributed by atoms with Crippen LogP contribution in [0.2, 0.25) is 0 Å². The number of aliphatic hydroxyl groups excluding tert-OH is 1. The molecular formula is C8H17NO2. The first-order chi connectivity index (χ1) is 5.24. The number of hydrogen-bond donors (Lipinski definition) is 2. The summed E-state index contributed by atoms with van der Waals surface area (Å²) >= 11 is 0. The van der Waals surface area contributed by atoms with Gasteiger partial charge in [0.15, 0.2) is 0 Å². The van der Waals surface area contributed by atoms with E-state index < -0.39 is 0 Å². The fourth-order valence-corrected chi connectivity index (χ4v) is 1.04. The van der Waals surface area contributed by atoms with Crippen LogP contribution in [0, 0.1) is 5.41 Å². The van der Waals surface area contributed by atoms with Gasteiger partial charge in [0.2, 0.25) is 6.41 Å². The van der Waals surface area contributed by atoms with Gasteiger partial charge in [-0.25, -0.2) is 0 Å². The van der Waals surface area contributed by atoms with Crippen molar-refractivity contribution >= 4 is 6.41 Å². The first-order valence-corrected chi connectivity index (χ1v) is 4.02. The molecule has 66 valence electrons. The molecule has 0 unspecified atom stereocenters. The molecule has 11 heavy (non-hydrogen) atoms. The van der Waals surface area contributed by atoms with Crippen molar-refractivity contribution in [3.8, 4) is 0 Å². The van der Waals surface area contributed by atoms with E-state index in [2.05, 4.69) is 5.32 Å². The van der Waals surface area contributed by atoms with Crippen LogP contribution >= 0.6 is 0 Å². The van der Waals surface area contributed by atoms with Gasteiger partial charge in [-0.05, 0) is 12.8 Å². The van der Waals surface area contributed by atoms with Crippen molar-refractivity contribution in [2.24, 2.45) is 5.41 Å². The topological polar surface area (TPSA) is 49.3 Å². The number of carbonyl (C=O) groups excluding carboxylic acids is 1. The Morgan fingerprint density at radius 1 is 1.45 bits per heavy atom. The van der Waals surface area contributed by atoms with Crippen molar-refractivity contribution in [2.45, 2.75) is 26.7 Å². The lowest BCUT2D eigenvalue weighted by Crippen LogP contribution is -2.35. The number of hydrogen-bond acceptors (Lipinski definition) is 2. The van der Waals surface area contributed by atoms with Crippen molar-refractivity contribution in [2.75, 3.05) is 13.2 Å². The molecule has 0 heterocycles. The van der Waals surface area contributed by atoms with Gasteiger partial charge in [0.1, 0.15) is 0 Å². The first kappa shape index (κ1) is 10.4. The summed E-state index contributed by atoms with van der Waals surface area (Å²) in [4.78, 5) is 10.0. The van der Waals surface area contributed by atoms with Crippen LogP contribution in [0.4, 0.5) is 0 Å². The molecular weight excluding hydrogens is 142 g/mol. The third-order valence-corrected chi connectivity index (χ3v) is 2.40. The van der Waals surface area contributed by atoms with Gasteiger partial charge in [-0.1, -0.05) is 13.8 Å². The molecule has 3 nitrogen and oxygen atoms in total. The maximum atomic E-state index is 10.0. The van der Waals surface area contributed by atoms with E-state index in [1.54, 1.807) is 0 Å². The minimum atomic E-state index is -0.110. The molecule has 0 aliphatic heterocycles. The summed E-state index contributed by atoms with van der Waals surface area (Å²) in [5.74, 6) is 0. The lowest BCUT2D eigenvalue weighted by atomic mass is 9.83. The minimum Gasteiger partial charge on any atom is -0.396 e. The number of aliphatic hydroxyl groups is 1. The van der Waals surface area contributed by atoms with Gasteiger partial charge in [0, 0.05) is 12.0 Å². The van der Waals surface area contributed by atoms with Crippen LogP contribution in [0.5, 0.6) is 0 Å². The predicted octanol–water partition coefficient (Wildman–Crippen LogP) is 0.531. The van der Waals surface area contributed by atoms with E-state index in [-0.39, 0.29) is 12.0 Å². The van der Waals surface area contributed by atoms with Gasteiger partial charge in [-0.3, -0.25) is 4.79 Å². The van der Waals surface area contributed by atoms with Crippen LogP contribution < -0.4 is 5.32 Å². The molecule has 0 fully saturated rings. The highest BCUT2D eigenvalue weighted by atomic mass is 16.3. The van der Waals surface area contributed by atoms with E-state index in [1.165, 1.54) is 0 Å². The Balaban J connectivity index is 3.93. The molecule has 0 aromatic rings. The average molecular weight is 159 g/mol. The average Bonchev–Trinajstić information content (AvgIpc) is 2.08. The molecule has 0 radical (unpaired) electrons. The molecule has 0 spiro atoms. The quantitative estimate of drug-likeness (QED) is 0.555. The highest BCUT2D eigenvalue weighted by Gasteiger charge is 2.24. The van der Waals surface area contributed by atoms with E-state index in [4.69, 9.17) is 5.11 Å². The van der Waals surface area contributed by atoms with Gasteiger partial charge in [-0.2, -0.15) is 0 Å². The van der Waals surface area contributed by atoms with Crippen LogP contribution in [0.1, 0.15) is 26.7 Å². The summed E-state index contributed by atoms with van der Waals surface area (Å²) in [5.41, 5.74) is -0.110. The van der Waals surface area contributed by atoms with Gasteiger partial charge in [0.25, 0.3) is 0 Å². The zero-order valence-corrected chi connectivity index (χ0v) is 7.26. The smallest absolute Gasteiger partial charge is 0.207 e. The van der Waals surface area contributed by atoms with E-state index in [0.717, 1.165) is 12.8 Å². The third kappa shape index (κ3) is 2.89. The molecule has 0 atom stereocenters. The highest BCUT2D eigenvalue weighted by molar-refractivity contribution is 5.45. The van der Waals surface area contributed by atoms with Gasteiger partial charge >= 0.3 is 0 Å². The minimum absolute atomic E-state index is 0.110. The van der Waals surface area contributed by atoms with Crippen molar-refractivity contribution in [1.82, 2.24) is 5.32 Å². The lowest BCUT2D eigenvalue weighted by Gasteiger charge is -2.28. The lowest BCUT2D eigenvalue weighted by molar-refractivity contribution is -0.110. The Labute approximate surface area is 67.8 Å². The van der Waals surface area contributed by atoms with Crippen molar-refractivity contribution in [3.63, 3.8) is 0 Å². The Bertz CT molecular complexity index is 102. The summed E-state index contributed by atoms with van der Waals surface area (Å²) < 4.78 is 0. The van der Waals surface area contributed by atoms with Crippen LogP contribution in [-0.2, 0) is 4.79 Å². The van der Waals surface area contributed by atoms with Crippen molar-refractivity contribution < 1.29 is 9.90 Å². The summed E-state index contributed by atoms with van der Waals surface area (Å²) in [7, 11) is 0. The van der Waals surface area contributed by atoms with E-state index in [9.17, 15) is 4.79 Å². The third-order valence-electron chi connectivity index (χ3n) is 2.40. The largest absolute Gasteiger partial charge is 0.396 e. The van der Waals surface area contributed by atoms with E-state index >= 15 is 0 Å². The number of amides is 1. The number of rotatable bonds is 6. The molecule has 2 N–H and O–H groups in total.